The lowest BCUT2D eigenvalue weighted by Gasteiger charge is -2.35. The maximum absolute atomic E-state index is 12.6. The van der Waals surface area contributed by atoms with E-state index in [-0.39, 0.29) is 11.7 Å². The summed E-state index contributed by atoms with van der Waals surface area (Å²) in [6, 6.07) is 5.17. The first-order chi connectivity index (χ1) is 9.57. The van der Waals surface area contributed by atoms with Gasteiger partial charge in [0.05, 0.1) is 17.7 Å². The number of carbonyl (C=O) groups excluding carboxylic acids is 1. The number of phenolic OH excluding ortho intramolecular Hbond substituents is 1. The monoisotopic (exact) mass is 278 g/mol. The number of rotatable bonds is 4. The Balaban J connectivity index is 2.18. The number of piperidine rings is 1. The number of anilines is 1. The number of aromatic hydroxyl groups is 1. The van der Waals surface area contributed by atoms with E-state index in [0.29, 0.717) is 12.3 Å². The highest BCUT2D eigenvalue weighted by atomic mass is 16.5. The van der Waals surface area contributed by atoms with Crippen LogP contribution in [0.25, 0.3) is 0 Å². The molecule has 0 unspecified atom stereocenters. The van der Waals surface area contributed by atoms with Crippen molar-refractivity contribution in [3.8, 4) is 5.75 Å². The summed E-state index contributed by atoms with van der Waals surface area (Å²) in [5.74, 6) is 0.00667. The van der Waals surface area contributed by atoms with E-state index in [0.717, 1.165) is 31.5 Å². The Labute approximate surface area is 119 Å². The minimum absolute atomic E-state index is 0.0817. The second-order valence-corrected chi connectivity index (χ2v) is 5.44. The van der Waals surface area contributed by atoms with Gasteiger partial charge in [-0.15, -0.1) is 0 Å². The fourth-order valence-corrected chi connectivity index (χ4v) is 2.62. The summed E-state index contributed by atoms with van der Waals surface area (Å²) in [5.41, 5.74) is 0.934. The van der Waals surface area contributed by atoms with Crippen molar-refractivity contribution in [1.82, 2.24) is 5.32 Å². The van der Waals surface area contributed by atoms with Gasteiger partial charge in [-0.1, -0.05) is 6.07 Å². The zero-order chi connectivity index (χ0) is 14.6. The summed E-state index contributed by atoms with van der Waals surface area (Å²) in [6.45, 7) is 3.92. The smallest absolute Gasteiger partial charge is 0.233 e. The molecule has 1 amide bonds. The lowest BCUT2D eigenvalue weighted by molar-refractivity contribution is -0.130. The zero-order valence-corrected chi connectivity index (χ0v) is 12.0. The van der Waals surface area contributed by atoms with Crippen molar-refractivity contribution in [3.63, 3.8) is 0 Å². The van der Waals surface area contributed by atoms with Crippen molar-refractivity contribution in [1.29, 1.82) is 0 Å². The highest BCUT2D eigenvalue weighted by Gasteiger charge is 2.39. The van der Waals surface area contributed by atoms with E-state index in [4.69, 9.17) is 4.74 Å². The molecule has 110 valence electrons. The summed E-state index contributed by atoms with van der Waals surface area (Å²) < 4.78 is 5.25. The van der Waals surface area contributed by atoms with Gasteiger partial charge in [-0.05, 0) is 50.6 Å². The summed E-state index contributed by atoms with van der Waals surface area (Å²) in [7, 11) is 1.61. The Hall–Kier alpha value is -1.59. The predicted octanol–water partition coefficient (Wildman–Crippen LogP) is 1.66. The molecule has 1 aromatic rings. The first-order valence-electron chi connectivity index (χ1n) is 6.88. The van der Waals surface area contributed by atoms with Gasteiger partial charge in [0.25, 0.3) is 0 Å². The van der Waals surface area contributed by atoms with Gasteiger partial charge in [-0.25, -0.2) is 0 Å². The number of phenols is 1. The number of benzene rings is 1. The second-order valence-electron chi connectivity index (χ2n) is 5.44. The molecule has 5 heteroatoms. The van der Waals surface area contributed by atoms with Crippen molar-refractivity contribution < 1.29 is 14.6 Å². The maximum Gasteiger partial charge on any atom is 0.233 e. The normalized spacial score (nSPS) is 17.7. The van der Waals surface area contributed by atoms with Gasteiger partial charge >= 0.3 is 0 Å². The van der Waals surface area contributed by atoms with E-state index >= 15 is 0 Å². The van der Waals surface area contributed by atoms with Gasteiger partial charge in [0.15, 0.2) is 0 Å². The standard InChI is InChI=1S/C15H22N2O3/c1-11-3-4-13(18)12(9-11)17-14(19)15(10-20-2)5-7-16-8-6-15/h3-4,9,16,18H,5-8,10H2,1-2H3,(H,17,19). The number of hydrogen-bond acceptors (Lipinski definition) is 4. The summed E-state index contributed by atoms with van der Waals surface area (Å²) in [5, 5.41) is 15.9. The van der Waals surface area contributed by atoms with Crippen molar-refractivity contribution in [2.24, 2.45) is 5.41 Å². The van der Waals surface area contributed by atoms with E-state index in [1.807, 2.05) is 6.92 Å². The fourth-order valence-electron chi connectivity index (χ4n) is 2.62. The van der Waals surface area contributed by atoms with Gasteiger partial charge in [-0.3, -0.25) is 4.79 Å². The average molecular weight is 278 g/mol. The molecule has 0 aromatic heterocycles. The number of hydrogen-bond donors (Lipinski definition) is 3. The summed E-state index contributed by atoms with van der Waals surface area (Å²) >= 11 is 0. The molecule has 5 nitrogen and oxygen atoms in total. The number of methoxy groups -OCH3 is 1. The molecule has 1 aromatic carbocycles. The van der Waals surface area contributed by atoms with Crippen LogP contribution in [0.5, 0.6) is 5.75 Å². The minimum Gasteiger partial charge on any atom is -0.506 e. The Morgan fingerprint density at radius 2 is 2.15 bits per heavy atom. The van der Waals surface area contributed by atoms with Crippen molar-refractivity contribution in [2.45, 2.75) is 19.8 Å². The van der Waals surface area contributed by atoms with E-state index in [9.17, 15) is 9.90 Å². The third kappa shape index (κ3) is 3.11. The van der Waals surface area contributed by atoms with E-state index in [1.54, 1.807) is 25.3 Å². The number of aryl methyl sites for hydroxylation is 1. The summed E-state index contributed by atoms with van der Waals surface area (Å²) in [6.07, 6.45) is 1.47. The van der Waals surface area contributed by atoms with Crippen LogP contribution < -0.4 is 10.6 Å². The molecule has 1 saturated heterocycles. The molecule has 1 aliphatic heterocycles. The predicted molar refractivity (Wildman–Crippen MR) is 77.9 cm³/mol. The molecule has 20 heavy (non-hydrogen) atoms. The van der Waals surface area contributed by atoms with Crippen LogP contribution in [0.1, 0.15) is 18.4 Å². The maximum atomic E-state index is 12.6. The molecule has 2 rings (SSSR count). The molecular formula is C15H22N2O3. The Kier molecular flexibility index (Phi) is 4.62. The van der Waals surface area contributed by atoms with Crippen molar-refractivity contribution >= 4 is 11.6 Å². The molecule has 0 bridgehead atoms. The first kappa shape index (κ1) is 14.8. The van der Waals surface area contributed by atoms with Crippen LogP contribution in [0, 0.1) is 12.3 Å². The molecule has 0 radical (unpaired) electrons. The molecular weight excluding hydrogens is 256 g/mol. The number of amides is 1. The molecule has 0 spiro atoms. The molecule has 1 fully saturated rings. The van der Waals surface area contributed by atoms with E-state index in [2.05, 4.69) is 10.6 Å². The lowest BCUT2D eigenvalue weighted by atomic mass is 9.78. The Morgan fingerprint density at radius 1 is 1.45 bits per heavy atom. The van der Waals surface area contributed by atoms with Crippen LogP contribution in [0.4, 0.5) is 5.69 Å². The minimum atomic E-state index is -0.518. The van der Waals surface area contributed by atoms with Gasteiger partial charge in [0.1, 0.15) is 5.75 Å². The number of ether oxygens (including phenoxy) is 1. The molecule has 3 N–H and O–H groups in total. The van der Waals surface area contributed by atoms with Gasteiger partial charge in [-0.2, -0.15) is 0 Å². The summed E-state index contributed by atoms with van der Waals surface area (Å²) in [4.78, 5) is 12.6. The van der Waals surface area contributed by atoms with Crippen molar-refractivity contribution in [2.75, 3.05) is 32.1 Å². The van der Waals surface area contributed by atoms with Crippen LogP contribution in [-0.4, -0.2) is 37.8 Å². The highest BCUT2D eigenvalue weighted by Crippen LogP contribution is 2.32. The third-order valence-electron chi connectivity index (χ3n) is 3.86. The van der Waals surface area contributed by atoms with Gasteiger partial charge < -0.3 is 20.5 Å². The SMILES string of the molecule is COCC1(C(=O)Nc2cc(C)ccc2O)CCNCC1. The molecule has 0 atom stereocenters. The molecule has 1 heterocycles. The number of nitrogens with one attached hydrogen (secondary N) is 2. The van der Waals surface area contributed by atoms with E-state index < -0.39 is 5.41 Å². The Morgan fingerprint density at radius 3 is 2.80 bits per heavy atom. The van der Waals surface area contributed by atoms with Crippen LogP contribution in [0.3, 0.4) is 0 Å². The van der Waals surface area contributed by atoms with Crippen LogP contribution >= 0.6 is 0 Å². The zero-order valence-electron chi connectivity index (χ0n) is 12.0. The van der Waals surface area contributed by atoms with Crippen LogP contribution in [-0.2, 0) is 9.53 Å². The second kappa shape index (κ2) is 6.24. The average Bonchev–Trinajstić information content (AvgIpc) is 2.44. The van der Waals surface area contributed by atoms with Gasteiger partial charge in [0, 0.05) is 7.11 Å². The van der Waals surface area contributed by atoms with Crippen LogP contribution in [0.15, 0.2) is 18.2 Å². The van der Waals surface area contributed by atoms with E-state index in [1.165, 1.54) is 0 Å². The van der Waals surface area contributed by atoms with Gasteiger partial charge in [0.2, 0.25) is 5.91 Å². The third-order valence-corrected chi connectivity index (χ3v) is 3.86. The largest absolute Gasteiger partial charge is 0.506 e. The quantitative estimate of drug-likeness (QED) is 0.733. The highest BCUT2D eigenvalue weighted by molar-refractivity contribution is 5.96. The number of carbonyl (C=O) groups is 1. The molecule has 0 saturated carbocycles. The Bertz CT molecular complexity index is 476. The molecule has 0 aliphatic carbocycles. The lowest BCUT2D eigenvalue weighted by Crippen LogP contribution is -2.47. The van der Waals surface area contributed by atoms with Crippen LogP contribution in [0.2, 0.25) is 0 Å². The van der Waals surface area contributed by atoms with Crippen molar-refractivity contribution in [3.05, 3.63) is 23.8 Å². The molecule has 1 aliphatic rings. The fraction of sp³-hybridized carbons (Fsp3) is 0.533. The first-order valence-corrected chi connectivity index (χ1v) is 6.88. The topological polar surface area (TPSA) is 70.6 Å².